The van der Waals surface area contributed by atoms with E-state index < -0.39 is 0 Å². The second-order valence-corrected chi connectivity index (χ2v) is 7.13. The van der Waals surface area contributed by atoms with Gasteiger partial charge < -0.3 is 15.2 Å². The highest BCUT2D eigenvalue weighted by Crippen LogP contribution is 2.20. The molecule has 0 saturated carbocycles. The van der Waals surface area contributed by atoms with E-state index in [-0.39, 0.29) is 5.91 Å². The molecule has 0 aliphatic carbocycles. The van der Waals surface area contributed by atoms with E-state index in [1.54, 1.807) is 0 Å². The van der Waals surface area contributed by atoms with E-state index in [0.29, 0.717) is 18.3 Å². The molecule has 2 N–H and O–H groups in total. The minimum atomic E-state index is -0.134. The number of hydrogen-bond donors (Lipinski definition) is 2. The van der Waals surface area contributed by atoms with E-state index in [2.05, 4.69) is 56.0 Å². The fraction of sp³-hybridized carbons (Fsp3) is 0.450. The Bertz CT molecular complexity index is 922. The summed E-state index contributed by atoms with van der Waals surface area (Å²) < 4.78 is 4.14. The van der Waals surface area contributed by atoms with Gasteiger partial charge in [-0.05, 0) is 56.8 Å². The SMILES string of the molecule is Cc1c(C(=O)NCCCn2ccc3ccccc32)nnn1C1CCNCC1. The van der Waals surface area contributed by atoms with Crippen molar-refractivity contribution in [3.05, 3.63) is 47.9 Å². The third-order valence-electron chi connectivity index (χ3n) is 5.34. The van der Waals surface area contributed by atoms with Crippen molar-refractivity contribution in [2.45, 2.75) is 38.8 Å². The van der Waals surface area contributed by atoms with Gasteiger partial charge in [0.15, 0.2) is 5.69 Å². The number of benzene rings is 1. The number of carbonyl (C=O) groups is 1. The number of hydrogen-bond acceptors (Lipinski definition) is 4. The highest BCUT2D eigenvalue weighted by atomic mass is 16.2. The van der Waals surface area contributed by atoms with Crippen LogP contribution in [0.25, 0.3) is 10.9 Å². The molecule has 1 aliphatic heterocycles. The van der Waals surface area contributed by atoms with E-state index in [1.165, 1.54) is 10.9 Å². The quantitative estimate of drug-likeness (QED) is 0.656. The van der Waals surface area contributed by atoms with Crippen LogP contribution in [0.1, 0.15) is 41.5 Å². The number of para-hydroxylation sites is 1. The first-order valence-electron chi connectivity index (χ1n) is 9.68. The monoisotopic (exact) mass is 366 g/mol. The van der Waals surface area contributed by atoms with Crippen molar-refractivity contribution < 1.29 is 4.79 Å². The molecule has 4 rings (SSSR count). The van der Waals surface area contributed by atoms with Crippen molar-refractivity contribution in [1.29, 1.82) is 0 Å². The van der Waals surface area contributed by atoms with Crippen LogP contribution in [0.5, 0.6) is 0 Å². The molecule has 1 fully saturated rings. The van der Waals surface area contributed by atoms with Gasteiger partial charge in [0.2, 0.25) is 0 Å². The zero-order valence-electron chi connectivity index (χ0n) is 15.7. The lowest BCUT2D eigenvalue weighted by molar-refractivity contribution is 0.0947. The number of aryl methyl sites for hydroxylation is 1. The summed E-state index contributed by atoms with van der Waals surface area (Å²) in [5, 5.41) is 15.9. The average Bonchev–Trinajstić information content (AvgIpc) is 3.29. The molecule has 3 aromatic rings. The van der Waals surface area contributed by atoms with Crippen LogP contribution in [0.3, 0.4) is 0 Å². The fourth-order valence-corrected chi connectivity index (χ4v) is 3.82. The lowest BCUT2D eigenvalue weighted by Gasteiger charge is -2.23. The Hall–Kier alpha value is -2.67. The van der Waals surface area contributed by atoms with E-state index in [4.69, 9.17) is 0 Å². The smallest absolute Gasteiger partial charge is 0.273 e. The van der Waals surface area contributed by atoms with E-state index in [0.717, 1.165) is 44.6 Å². The van der Waals surface area contributed by atoms with Gasteiger partial charge in [0.05, 0.1) is 11.7 Å². The second kappa shape index (κ2) is 7.92. The van der Waals surface area contributed by atoms with Gasteiger partial charge >= 0.3 is 0 Å². The molecular weight excluding hydrogens is 340 g/mol. The summed E-state index contributed by atoms with van der Waals surface area (Å²) in [6.45, 7) is 5.39. The Morgan fingerprint density at radius 3 is 2.93 bits per heavy atom. The average molecular weight is 366 g/mol. The number of rotatable bonds is 6. The summed E-state index contributed by atoms with van der Waals surface area (Å²) in [7, 11) is 0. The van der Waals surface area contributed by atoms with Crippen molar-refractivity contribution >= 4 is 16.8 Å². The lowest BCUT2D eigenvalue weighted by Crippen LogP contribution is -2.30. The molecule has 7 heteroatoms. The molecule has 0 spiro atoms. The number of fused-ring (bicyclic) bond motifs is 1. The summed E-state index contributed by atoms with van der Waals surface area (Å²) in [4.78, 5) is 12.5. The van der Waals surface area contributed by atoms with Gasteiger partial charge in [-0.2, -0.15) is 0 Å². The second-order valence-electron chi connectivity index (χ2n) is 7.13. The van der Waals surface area contributed by atoms with Gasteiger partial charge in [-0.15, -0.1) is 5.10 Å². The maximum absolute atomic E-state index is 12.5. The molecule has 3 heterocycles. The molecule has 1 aromatic carbocycles. The van der Waals surface area contributed by atoms with Crippen LogP contribution < -0.4 is 10.6 Å². The Morgan fingerprint density at radius 2 is 2.07 bits per heavy atom. The minimum Gasteiger partial charge on any atom is -0.351 e. The number of aromatic nitrogens is 4. The normalized spacial score (nSPS) is 15.3. The minimum absolute atomic E-state index is 0.134. The van der Waals surface area contributed by atoms with Gasteiger partial charge in [-0.25, -0.2) is 4.68 Å². The zero-order valence-corrected chi connectivity index (χ0v) is 15.7. The highest BCUT2D eigenvalue weighted by molar-refractivity contribution is 5.93. The standard InChI is InChI=1S/C20H26N6O/c1-15-19(23-24-26(15)17-7-11-21-12-8-17)20(27)22-10-4-13-25-14-9-16-5-2-3-6-18(16)25/h2-3,5-6,9,14,17,21H,4,7-8,10-13H2,1H3,(H,22,27). The number of carbonyl (C=O) groups excluding carboxylic acids is 1. The molecule has 0 radical (unpaired) electrons. The molecule has 0 bridgehead atoms. The third-order valence-corrected chi connectivity index (χ3v) is 5.34. The largest absolute Gasteiger partial charge is 0.351 e. The van der Waals surface area contributed by atoms with Gasteiger partial charge in [-0.1, -0.05) is 23.4 Å². The van der Waals surface area contributed by atoms with E-state index in [1.807, 2.05) is 17.7 Å². The van der Waals surface area contributed by atoms with Crippen molar-refractivity contribution in [1.82, 2.24) is 30.2 Å². The molecule has 0 atom stereocenters. The molecule has 1 amide bonds. The van der Waals surface area contributed by atoms with Crippen LogP contribution in [0, 0.1) is 6.92 Å². The summed E-state index contributed by atoms with van der Waals surface area (Å²) in [6.07, 6.45) is 5.01. The number of amides is 1. The molecule has 27 heavy (non-hydrogen) atoms. The lowest BCUT2D eigenvalue weighted by atomic mass is 10.1. The van der Waals surface area contributed by atoms with Crippen LogP contribution in [0.15, 0.2) is 36.5 Å². The van der Waals surface area contributed by atoms with Crippen molar-refractivity contribution in [2.24, 2.45) is 0 Å². The zero-order chi connectivity index (χ0) is 18.6. The number of piperidine rings is 1. The third kappa shape index (κ3) is 3.73. The number of nitrogens with one attached hydrogen (secondary N) is 2. The van der Waals surface area contributed by atoms with Crippen molar-refractivity contribution in [3.63, 3.8) is 0 Å². The number of nitrogens with zero attached hydrogens (tertiary/aromatic N) is 4. The van der Waals surface area contributed by atoms with Gasteiger partial charge in [0, 0.05) is 24.8 Å². The van der Waals surface area contributed by atoms with E-state index >= 15 is 0 Å². The Morgan fingerprint density at radius 1 is 1.26 bits per heavy atom. The van der Waals surface area contributed by atoms with Crippen molar-refractivity contribution in [3.8, 4) is 0 Å². The summed E-state index contributed by atoms with van der Waals surface area (Å²) >= 11 is 0. The van der Waals surface area contributed by atoms with Crippen LogP contribution in [0.2, 0.25) is 0 Å². The van der Waals surface area contributed by atoms with Gasteiger partial charge in [0.25, 0.3) is 5.91 Å². The maximum Gasteiger partial charge on any atom is 0.273 e. The van der Waals surface area contributed by atoms with Gasteiger partial charge in [0.1, 0.15) is 0 Å². The molecule has 1 saturated heterocycles. The molecule has 0 unspecified atom stereocenters. The summed E-state index contributed by atoms with van der Waals surface area (Å²) in [5.41, 5.74) is 2.53. The summed E-state index contributed by atoms with van der Waals surface area (Å²) in [5.74, 6) is -0.134. The first-order valence-corrected chi connectivity index (χ1v) is 9.68. The van der Waals surface area contributed by atoms with Crippen LogP contribution in [-0.2, 0) is 6.54 Å². The Kier molecular flexibility index (Phi) is 5.20. The molecule has 1 aliphatic rings. The van der Waals surface area contributed by atoms with Crippen LogP contribution in [0.4, 0.5) is 0 Å². The fourth-order valence-electron chi connectivity index (χ4n) is 3.82. The molecular formula is C20H26N6O. The van der Waals surface area contributed by atoms with Crippen molar-refractivity contribution in [2.75, 3.05) is 19.6 Å². The van der Waals surface area contributed by atoms with Crippen LogP contribution in [-0.4, -0.2) is 45.1 Å². The first kappa shape index (κ1) is 17.7. The topological polar surface area (TPSA) is 76.8 Å². The molecule has 2 aromatic heterocycles. The van der Waals surface area contributed by atoms with Gasteiger partial charge in [-0.3, -0.25) is 4.79 Å². The predicted octanol–water partition coefficient (Wildman–Crippen LogP) is 2.29. The first-order chi connectivity index (χ1) is 13.2. The summed E-state index contributed by atoms with van der Waals surface area (Å²) in [6, 6.07) is 10.8. The molecule has 7 nitrogen and oxygen atoms in total. The predicted molar refractivity (Wildman–Crippen MR) is 105 cm³/mol. The van der Waals surface area contributed by atoms with Crippen LogP contribution >= 0.6 is 0 Å². The molecule has 142 valence electrons. The Balaban J connectivity index is 1.31. The maximum atomic E-state index is 12.5. The Labute approximate surface area is 158 Å². The highest BCUT2D eigenvalue weighted by Gasteiger charge is 2.22. The van der Waals surface area contributed by atoms with E-state index in [9.17, 15) is 4.79 Å².